The van der Waals surface area contributed by atoms with Crippen LogP contribution in [0.15, 0.2) is 24.3 Å². The van der Waals surface area contributed by atoms with Gasteiger partial charge in [0.05, 0.1) is 16.8 Å². The number of benzene rings is 1. The van der Waals surface area contributed by atoms with E-state index in [9.17, 15) is 14.8 Å². The predicted octanol–water partition coefficient (Wildman–Crippen LogP) is 2.44. The molecule has 0 radical (unpaired) electrons. The summed E-state index contributed by atoms with van der Waals surface area (Å²) in [6, 6.07) is 6.08. The second kappa shape index (κ2) is 4.69. The molecule has 1 saturated carbocycles. The van der Waals surface area contributed by atoms with Crippen molar-refractivity contribution in [1.82, 2.24) is 0 Å². The van der Waals surface area contributed by atoms with Crippen LogP contribution in [0.5, 0.6) is 0 Å². The molecule has 0 spiro atoms. The fourth-order valence-corrected chi connectivity index (χ4v) is 3.72. The summed E-state index contributed by atoms with van der Waals surface area (Å²) in [5, 5.41) is 22.7. The van der Waals surface area contributed by atoms with Crippen LogP contribution in [0.3, 0.4) is 0 Å². The molecule has 0 unspecified atom stereocenters. The van der Waals surface area contributed by atoms with Gasteiger partial charge in [0.2, 0.25) is 0 Å². The van der Waals surface area contributed by atoms with Crippen LogP contribution in [0.1, 0.15) is 33.6 Å². The first kappa shape index (κ1) is 15.8. The van der Waals surface area contributed by atoms with Gasteiger partial charge in [0, 0.05) is 5.41 Å². The summed E-state index contributed by atoms with van der Waals surface area (Å²) in [5.41, 5.74) is -2.57. The Morgan fingerprint density at radius 1 is 1.30 bits per heavy atom. The zero-order valence-electron chi connectivity index (χ0n) is 13.3. The number of carbonyl (C=O) groups excluding carboxylic acids is 2. The standard InChI is InChI=1S/C16H19N2O5/c1-14(2)15(3)8-9-16(14,23-13(15)20)12(19)17-10-6-4-5-7-11(10)18(21)22/h4-7,21H,8-9H2,1-3H3,(H,17,19)/q-1/t15-,16+/m1/s1. The lowest BCUT2D eigenvalue weighted by atomic mass is 9.66. The Morgan fingerprint density at radius 2 is 1.96 bits per heavy atom. The zero-order chi connectivity index (χ0) is 17.0. The SMILES string of the molecule is CC1(C)[C@@]2(C(=O)Nc3ccccc3N([O-])O)CC[C@]1(C)C(=O)O2. The summed E-state index contributed by atoms with van der Waals surface area (Å²) < 4.78 is 5.50. The van der Waals surface area contributed by atoms with E-state index >= 15 is 0 Å². The molecule has 1 aliphatic carbocycles. The van der Waals surface area contributed by atoms with Crippen LogP contribution in [0.25, 0.3) is 0 Å². The number of fused-ring (bicyclic) bond motifs is 2. The van der Waals surface area contributed by atoms with Gasteiger partial charge < -0.3 is 20.5 Å². The van der Waals surface area contributed by atoms with Crippen LogP contribution in [0, 0.1) is 16.0 Å². The maximum absolute atomic E-state index is 12.9. The third-order valence-corrected chi connectivity index (χ3v) is 5.81. The first-order valence-electron chi connectivity index (χ1n) is 7.46. The van der Waals surface area contributed by atoms with E-state index in [1.165, 1.54) is 12.1 Å². The van der Waals surface area contributed by atoms with Gasteiger partial charge in [-0.2, -0.15) is 0 Å². The van der Waals surface area contributed by atoms with E-state index in [-0.39, 0.29) is 22.6 Å². The van der Waals surface area contributed by atoms with E-state index in [2.05, 4.69) is 5.32 Å². The molecule has 2 bridgehead atoms. The molecule has 1 saturated heterocycles. The van der Waals surface area contributed by atoms with Gasteiger partial charge in [-0.15, -0.1) is 0 Å². The number of carbonyl (C=O) groups is 2. The van der Waals surface area contributed by atoms with Gasteiger partial charge in [-0.1, -0.05) is 26.0 Å². The highest BCUT2D eigenvalue weighted by Crippen LogP contribution is 2.65. The van der Waals surface area contributed by atoms with Crippen molar-refractivity contribution in [2.45, 2.75) is 39.2 Å². The number of esters is 1. The van der Waals surface area contributed by atoms with Gasteiger partial charge in [0.25, 0.3) is 5.91 Å². The van der Waals surface area contributed by atoms with Crippen molar-refractivity contribution in [1.29, 1.82) is 0 Å². The zero-order valence-corrected chi connectivity index (χ0v) is 13.3. The average molecular weight is 319 g/mol. The normalized spacial score (nSPS) is 30.9. The van der Waals surface area contributed by atoms with E-state index in [0.29, 0.717) is 12.8 Å². The lowest BCUT2D eigenvalue weighted by Gasteiger charge is -2.35. The van der Waals surface area contributed by atoms with E-state index in [1.807, 2.05) is 20.8 Å². The van der Waals surface area contributed by atoms with Crippen molar-refractivity contribution in [2.75, 3.05) is 10.5 Å². The van der Waals surface area contributed by atoms with Crippen LogP contribution in [-0.4, -0.2) is 22.7 Å². The van der Waals surface area contributed by atoms with Gasteiger partial charge in [-0.3, -0.25) is 14.8 Å². The van der Waals surface area contributed by atoms with Crippen LogP contribution in [0.2, 0.25) is 0 Å². The molecule has 1 aliphatic heterocycles. The van der Waals surface area contributed by atoms with Crippen LogP contribution < -0.4 is 10.5 Å². The second-order valence-corrected chi connectivity index (χ2v) is 6.92. The monoisotopic (exact) mass is 319 g/mol. The fourth-order valence-electron chi connectivity index (χ4n) is 3.72. The highest BCUT2D eigenvalue weighted by Gasteiger charge is 2.75. The summed E-state index contributed by atoms with van der Waals surface area (Å²) in [6.07, 6.45) is 0.998. The first-order valence-corrected chi connectivity index (χ1v) is 7.46. The number of amides is 1. The second-order valence-electron chi connectivity index (χ2n) is 6.92. The molecule has 2 N–H and O–H groups in total. The van der Waals surface area contributed by atoms with E-state index < -0.39 is 22.3 Å². The molecule has 7 heteroatoms. The van der Waals surface area contributed by atoms with Gasteiger partial charge in [0.1, 0.15) is 0 Å². The molecule has 1 aromatic carbocycles. The summed E-state index contributed by atoms with van der Waals surface area (Å²) in [4.78, 5) is 25.1. The summed E-state index contributed by atoms with van der Waals surface area (Å²) in [6.45, 7) is 5.52. The number of hydrogen-bond acceptors (Lipinski definition) is 6. The summed E-state index contributed by atoms with van der Waals surface area (Å²) in [7, 11) is 0. The Balaban J connectivity index is 1.95. The molecule has 1 amide bonds. The minimum atomic E-state index is -1.27. The molecule has 7 nitrogen and oxygen atoms in total. The van der Waals surface area contributed by atoms with Crippen molar-refractivity contribution in [3.8, 4) is 0 Å². The third-order valence-electron chi connectivity index (χ3n) is 5.81. The number of anilines is 2. The van der Waals surface area contributed by atoms with Crippen molar-refractivity contribution in [2.24, 2.45) is 10.8 Å². The van der Waals surface area contributed by atoms with Crippen LogP contribution in [0.4, 0.5) is 11.4 Å². The number of ether oxygens (including phenoxy) is 1. The predicted molar refractivity (Wildman–Crippen MR) is 82.6 cm³/mol. The minimum Gasteiger partial charge on any atom is -0.733 e. The smallest absolute Gasteiger partial charge is 0.313 e. The van der Waals surface area contributed by atoms with Crippen LogP contribution >= 0.6 is 0 Å². The maximum atomic E-state index is 12.9. The van der Waals surface area contributed by atoms with E-state index in [1.54, 1.807) is 12.1 Å². The number of rotatable bonds is 3. The molecular weight excluding hydrogens is 300 g/mol. The van der Waals surface area contributed by atoms with E-state index in [4.69, 9.17) is 9.94 Å². The van der Waals surface area contributed by atoms with Crippen molar-refractivity contribution in [3.63, 3.8) is 0 Å². The fraction of sp³-hybridized carbons (Fsp3) is 0.500. The molecule has 2 fully saturated rings. The van der Waals surface area contributed by atoms with Crippen molar-refractivity contribution in [3.05, 3.63) is 29.5 Å². The highest BCUT2D eigenvalue weighted by molar-refractivity contribution is 6.04. The molecule has 0 aromatic heterocycles. The largest absolute Gasteiger partial charge is 0.733 e. The van der Waals surface area contributed by atoms with Crippen molar-refractivity contribution < 1.29 is 19.5 Å². The number of nitrogens with zero attached hydrogens (tertiary/aromatic N) is 1. The Labute approximate surface area is 133 Å². The third kappa shape index (κ3) is 1.83. The molecule has 124 valence electrons. The summed E-state index contributed by atoms with van der Waals surface area (Å²) in [5.74, 6) is -0.851. The molecule has 23 heavy (non-hydrogen) atoms. The van der Waals surface area contributed by atoms with Gasteiger partial charge in [0.15, 0.2) is 5.60 Å². The molecule has 1 heterocycles. The molecule has 2 atom stereocenters. The quantitative estimate of drug-likeness (QED) is 0.655. The van der Waals surface area contributed by atoms with Gasteiger partial charge in [-0.05, 0) is 31.9 Å². The molecule has 2 aliphatic rings. The van der Waals surface area contributed by atoms with Crippen molar-refractivity contribution >= 4 is 23.3 Å². The van der Waals surface area contributed by atoms with E-state index in [0.717, 1.165) is 0 Å². The number of nitrogens with one attached hydrogen (secondary N) is 1. The topological polar surface area (TPSA) is 102 Å². The average Bonchev–Trinajstić information content (AvgIpc) is 2.78. The lowest BCUT2D eigenvalue weighted by molar-refractivity contribution is -0.165. The molecule has 3 rings (SSSR count). The number of para-hydroxylation sites is 2. The Kier molecular flexibility index (Phi) is 3.21. The molecular formula is C16H19N2O5-. The Hall–Kier alpha value is -2.12. The van der Waals surface area contributed by atoms with Gasteiger partial charge >= 0.3 is 5.97 Å². The first-order chi connectivity index (χ1) is 10.7. The minimum absolute atomic E-state index is 0.0832. The Bertz CT molecular complexity index is 687. The maximum Gasteiger partial charge on any atom is 0.313 e. The molecule has 1 aromatic rings. The van der Waals surface area contributed by atoms with Crippen LogP contribution in [-0.2, 0) is 14.3 Å². The highest BCUT2D eigenvalue weighted by atomic mass is 16.8. The lowest BCUT2D eigenvalue weighted by Crippen LogP contribution is -2.50. The Morgan fingerprint density at radius 3 is 2.48 bits per heavy atom. The summed E-state index contributed by atoms with van der Waals surface area (Å²) >= 11 is 0. The number of hydrogen-bond donors (Lipinski definition) is 2. The van der Waals surface area contributed by atoms with Gasteiger partial charge in [-0.25, -0.2) is 0 Å².